The van der Waals surface area contributed by atoms with Crippen molar-refractivity contribution in [2.75, 3.05) is 32.2 Å². The van der Waals surface area contributed by atoms with Crippen molar-refractivity contribution < 1.29 is 29.2 Å². The van der Waals surface area contributed by atoms with Gasteiger partial charge in [0, 0.05) is 22.8 Å². The Morgan fingerprint density at radius 2 is 1.83 bits per heavy atom. The van der Waals surface area contributed by atoms with E-state index in [2.05, 4.69) is 57.4 Å². The predicted octanol–water partition coefficient (Wildman–Crippen LogP) is 6.98. The summed E-state index contributed by atoms with van der Waals surface area (Å²) in [5.74, 6) is 1.40. The first-order chi connectivity index (χ1) is 21.7. The second-order valence-electron chi connectivity index (χ2n) is 15.9. The highest BCUT2D eigenvalue weighted by Crippen LogP contribution is 2.68. The molecule has 3 fully saturated rings. The van der Waals surface area contributed by atoms with Crippen molar-refractivity contribution in [2.24, 2.45) is 28.6 Å². The Labute approximate surface area is 282 Å². The number of allylic oxidation sites excluding steroid dienone is 2. The van der Waals surface area contributed by atoms with Crippen LogP contribution in [0.4, 0.5) is 4.79 Å². The lowest BCUT2D eigenvalue weighted by Crippen LogP contribution is -2.54. The van der Waals surface area contributed by atoms with E-state index < -0.39 is 17.3 Å². The number of alkyl carbamates (subject to hydrolysis) is 1. The van der Waals surface area contributed by atoms with Gasteiger partial charge in [-0.15, -0.1) is 6.58 Å². The number of carbonyl (C=O) groups is 1. The largest absolute Gasteiger partial charge is 0.445 e. The molecule has 0 aromatic heterocycles. The molecule has 1 amide bonds. The average molecular weight is 656 g/mol. The van der Waals surface area contributed by atoms with Crippen LogP contribution in [0, 0.1) is 28.6 Å². The molecule has 7 unspecified atom stereocenters. The number of carbonyl (C=O) groups excluding carboxylic acids is 1. The fourth-order valence-electron chi connectivity index (χ4n) is 9.10. The normalized spacial score (nSPS) is 35.0. The van der Waals surface area contributed by atoms with Crippen LogP contribution in [0.5, 0.6) is 0 Å². The molecule has 0 spiro atoms. The van der Waals surface area contributed by atoms with E-state index in [0.29, 0.717) is 50.8 Å². The van der Waals surface area contributed by atoms with Gasteiger partial charge in [-0.05, 0) is 99.0 Å². The van der Waals surface area contributed by atoms with Gasteiger partial charge in [-0.3, -0.25) is 0 Å². The number of thiol groups is 1. The van der Waals surface area contributed by atoms with E-state index in [1.807, 2.05) is 32.1 Å². The summed E-state index contributed by atoms with van der Waals surface area (Å²) in [5.41, 5.74) is 2.21. The van der Waals surface area contributed by atoms with Crippen molar-refractivity contribution in [3.63, 3.8) is 0 Å². The highest BCUT2D eigenvalue weighted by Gasteiger charge is 2.63. The number of hydrogen-bond donors (Lipinski definition) is 4. The van der Waals surface area contributed by atoms with Crippen LogP contribution < -0.4 is 5.32 Å². The molecule has 46 heavy (non-hydrogen) atoms. The zero-order valence-electron chi connectivity index (χ0n) is 28.6. The molecule has 1 heterocycles. The SMILES string of the molecule is C=CC(CS)CC1(O)CCC2C3CCC4(O)COCC(C)(C)COCCC4=C3C(c3ccc(COC(=O)NC(C)C)cc3)CC21C. The summed E-state index contributed by atoms with van der Waals surface area (Å²) in [6, 6.07) is 8.39. The molecule has 7 nitrogen and oxygen atoms in total. The minimum atomic E-state index is -1.04. The summed E-state index contributed by atoms with van der Waals surface area (Å²) in [7, 11) is 0. The van der Waals surface area contributed by atoms with E-state index in [9.17, 15) is 15.0 Å². The maximum atomic E-state index is 12.5. The summed E-state index contributed by atoms with van der Waals surface area (Å²) < 4.78 is 17.9. The van der Waals surface area contributed by atoms with Gasteiger partial charge >= 0.3 is 6.09 Å². The van der Waals surface area contributed by atoms with Gasteiger partial charge in [-0.1, -0.05) is 56.7 Å². The number of rotatable bonds is 8. The number of hydrogen-bond acceptors (Lipinski definition) is 7. The Hall–Kier alpha value is -1.84. The molecule has 8 heteroatoms. The Kier molecular flexibility index (Phi) is 10.8. The average Bonchev–Trinajstić information content (AvgIpc) is 3.26. The first-order valence-corrected chi connectivity index (χ1v) is 18.0. The second kappa shape index (κ2) is 13.9. The zero-order valence-corrected chi connectivity index (χ0v) is 29.5. The summed E-state index contributed by atoms with van der Waals surface area (Å²) in [5, 5.41) is 27.6. The number of fused-ring (bicyclic) bond motifs is 4. The number of aliphatic hydroxyl groups is 2. The third-order valence-electron chi connectivity index (χ3n) is 11.6. The summed E-state index contributed by atoms with van der Waals surface area (Å²) in [4.78, 5) is 12.1. The van der Waals surface area contributed by atoms with Gasteiger partial charge in [-0.25, -0.2) is 4.79 Å². The van der Waals surface area contributed by atoms with Crippen molar-refractivity contribution in [3.05, 3.63) is 59.2 Å². The number of amides is 1. The highest BCUT2D eigenvalue weighted by atomic mass is 32.1. The minimum Gasteiger partial charge on any atom is -0.445 e. The molecule has 256 valence electrons. The van der Waals surface area contributed by atoms with Gasteiger partial charge in [0.2, 0.25) is 0 Å². The second-order valence-corrected chi connectivity index (χ2v) is 16.3. The van der Waals surface area contributed by atoms with E-state index in [0.717, 1.165) is 42.4 Å². The lowest BCUT2D eigenvalue weighted by Gasteiger charge is -2.56. The van der Waals surface area contributed by atoms with Gasteiger partial charge in [0.15, 0.2) is 0 Å². The summed E-state index contributed by atoms with van der Waals surface area (Å²) in [6.45, 7) is 16.6. The quantitative estimate of drug-likeness (QED) is 0.178. The topological polar surface area (TPSA) is 97.2 Å². The summed E-state index contributed by atoms with van der Waals surface area (Å²) >= 11 is 4.59. The van der Waals surface area contributed by atoms with E-state index in [-0.39, 0.29) is 47.8 Å². The van der Waals surface area contributed by atoms with E-state index in [1.54, 1.807) is 0 Å². The van der Waals surface area contributed by atoms with Crippen LogP contribution in [-0.4, -0.2) is 65.7 Å². The van der Waals surface area contributed by atoms with Gasteiger partial charge in [0.05, 0.1) is 32.0 Å². The van der Waals surface area contributed by atoms with E-state index >= 15 is 0 Å². The Morgan fingerprint density at radius 3 is 2.50 bits per heavy atom. The Bertz CT molecular complexity index is 1280. The molecule has 7 atom stereocenters. The Balaban J connectivity index is 1.54. The fourth-order valence-corrected chi connectivity index (χ4v) is 9.38. The van der Waals surface area contributed by atoms with Gasteiger partial charge in [0.1, 0.15) is 12.2 Å². The molecule has 2 saturated carbocycles. The zero-order chi connectivity index (χ0) is 33.3. The van der Waals surface area contributed by atoms with Gasteiger partial charge in [0.25, 0.3) is 0 Å². The van der Waals surface area contributed by atoms with Gasteiger partial charge < -0.3 is 29.7 Å². The molecule has 1 aromatic carbocycles. The van der Waals surface area contributed by atoms with Crippen LogP contribution in [0.1, 0.15) is 96.6 Å². The monoisotopic (exact) mass is 655 g/mol. The van der Waals surface area contributed by atoms with Gasteiger partial charge in [-0.2, -0.15) is 12.6 Å². The van der Waals surface area contributed by atoms with Crippen molar-refractivity contribution >= 4 is 18.7 Å². The summed E-state index contributed by atoms with van der Waals surface area (Å²) in [6.07, 6.45) is 6.88. The van der Waals surface area contributed by atoms with Crippen LogP contribution in [0.2, 0.25) is 0 Å². The third kappa shape index (κ3) is 7.12. The number of nitrogens with one attached hydrogen (secondary N) is 1. The maximum absolute atomic E-state index is 12.5. The van der Waals surface area contributed by atoms with Crippen molar-refractivity contribution in [1.82, 2.24) is 5.32 Å². The molecule has 1 saturated heterocycles. The number of benzene rings is 1. The van der Waals surface area contributed by atoms with Crippen molar-refractivity contribution in [2.45, 2.75) is 109 Å². The molecule has 0 bridgehead atoms. The fraction of sp³-hybridized carbons (Fsp3) is 0.711. The molecule has 3 aliphatic carbocycles. The molecule has 4 aliphatic rings. The van der Waals surface area contributed by atoms with Crippen LogP contribution >= 0.6 is 12.6 Å². The van der Waals surface area contributed by atoms with E-state index in [1.165, 1.54) is 5.57 Å². The lowest BCUT2D eigenvalue weighted by atomic mass is 9.50. The molecule has 0 radical (unpaired) electrons. The van der Waals surface area contributed by atoms with Crippen LogP contribution in [0.3, 0.4) is 0 Å². The third-order valence-corrected chi connectivity index (χ3v) is 12.0. The molecule has 5 rings (SSSR count). The molecular formula is C38H57NO6S. The smallest absolute Gasteiger partial charge is 0.407 e. The lowest BCUT2D eigenvalue weighted by molar-refractivity contribution is -0.112. The van der Waals surface area contributed by atoms with Crippen LogP contribution in [0.25, 0.3) is 0 Å². The highest BCUT2D eigenvalue weighted by molar-refractivity contribution is 7.80. The predicted molar refractivity (Wildman–Crippen MR) is 185 cm³/mol. The minimum absolute atomic E-state index is 0.0102. The van der Waals surface area contributed by atoms with Crippen molar-refractivity contribution in [1.29, 1.82) is 0 Å². The number of ether oxygens (including phenoxy) is 3. The van der Waals surface area contributed by atoms with Crippen LogP contribution in [-0.2, 0) is 20.8 Å². The molecule has 1 aromatic rings. The maximum Gasteiger partial charge on any atom is 0.407 e. The van der Waals surface area contributed by atoms with Crippen LogP contribution in [0.15, 0.2) is 48.1 Å². The van der Waals surface area contributed by atoms with Crippen molar-refractivity contribution in [3.8, 4) is 0 Å². The molecule has 1 aliphatic heterocycles. The molecular weight excluding hydrogens is 598 g/mol. The standard InChI is InChI=1S/C38H57NO6S/c1-7-26(21-46)18-38(42)16-13-31-29-12-15-37(41)24-44-23-35(4,5)22-43-17-14-32(37)33(29)30(19-36(31,38)6)28-10-8-27(9-11-28)20-45-34(40)39-25(2)3/h7-11,25-26,29-31,41-42,46H,1,12-24H2,2-6H3,(H,39,40). The molecule has 3 N–H and O–H groups in total. The van der Waals surface area contributed by atoms with E-state index in [4.69, 9.17) is 14.2 Å². The first kappa shape index (κ1) is 35.5. The Morgan fingerprint density at radius 1 is 1.11 bits per heavy atom. The first-order valence-electron chi connectivity index (χ1n) is 17.3.